The van der Waals surface area contributed by atoms with Gasteiger partial charge in [0.05, 0.1) is 0 Å². The number of hydrogen-bond donors (Lipinski definition) is 1. The molecule has 1 amide bonds. The SMILES string of the molecule is CC(NC(=O)C1(Oc2ccc(Cl)cc2)CCCCC1)C(Cc1ccc(Cl)cc1)c1cccnc1. The number of nitrogens with zero attached hydrogens (tertiary/aromatic N) is 1. The Morgan fingerprint density at radius 2 is 1.65 bits per heavy atom. The lowest BCUT2D eigenvalue weighted by atomic mass is 9.82. The molecule has 1 aromatic heterocycles. The third kappa shape index (κ3) is 6.11. The third-order valence-electron chi connectivity index (χ3n) is 6.65. The number of halogens is 2. The van der Waals surface area contributed by atoms with Crippen LogP contribution >= 0.6 is 23.2 Å². The van der Waals surface area contributed by atoms with E-state index in [0.717, 1.165) is 36.8 Å². The van der Waals surface area contributed by atoms with Crippen molar-refractivity contribution in [2.75, 3.05) is 0 Å². The molecule has 0 spiro atoms. The van der Waals surface area contributed by atoms with Gasteiger partial charge in [-0.1, -0.05) is 47.8 Å². The first-order valence-electron chi connectivity index (χ1n) is 11.9. The summed E-state index contributed by atoms with van der Waals surface area (Å²) in [4.78, 5) is 18.1. The predicted molar refractivity (Wildman–Crippen MR) is 138 cm³/mol. The molecule has 0 aliphatic heterocycles. The summed E-state index contributed by atoms with van der Waals surface area (Å²) in [7, 11) is 0. The minimum absolute atomic E-state index is 0.0509. The van der Waals surface area contributed by atoms with E-state index in [1.165, 1.54) is 0 Å². The summed E-state index contributed by atoms with van der Waals surface area (Å²) in [6.45, 7) is 2.06. The second-order valence-corrected chi connectivity index (χ2v) is 9.97. The summed E-state index contributed by atoms with van der Waals surface area (Å²) in [5.41, 5.74) is 1.37. The van der Waals surface area contributed by atoms with Crippen LogP contribution in [0, 0.1) is 0 Å². The molecule has 6 heteroatoms. The Bertz CT molecular complexity index is 1070. The lowest BCUT2D eigenvalue weighted by Crippen LogP contribution is -2.55. The molecule has 178 valence electrons. The number of benzene rings is 2. The maximum absolute atomic E-state index is 13.7. The molecule has 1 aliphatic rings. The molecular formula is C28H30Cl2N2O2. The van der Waals surface area contributed by atoms with E-state index in [1.54, 1.807) is 18.3 Å². The fraction of sp³-hybridized carbons (Fsp3) is 0.357. The number of carbonyl (C=O) groups excluding carboxylic acids is 1. The third-order valence-corrected chi connectivity index (χ3v) is 7.15. The van der Waals surface area contributed by atoms with Crippen LogP contribution in [0.1, 0.15) is 56.1 Å². The van der Waals surface area contributed by atoms with E-state index < -0.39 is 5.60 Å². The van der Waals surface area contributed by atoms with Crippen LogP contribution in [0.4, 0.5) is 0 Å². The van der Waals surface area contributed by atoms with E-state index in [-0.39, 0.29) is 17.9 Å². The Morgan fingerprint density at radius 1 is 1.00 bits per heavy atom. The Hall–Kier alpha value is -2.56. The Morgan fingerprint density at radius 3 is 2.26 bits per heavy atom. The summed E-state index contributed by atoms with van der Waals surface area (Å²) >= 11 is 12.1. The summed E-state index contributed by atoms with van der Waals surface area (Å²) in [6, 6.07) is 19.0. The van der Waals surface area contributed by atoms with Crippen LogP contribution < -0.4 is 10.1 Å². The van der Waals surface area contributed by atoms with Gasteiger partial charge >= 0.3 is 0 Å². The zero-order valence-corrected chi connectivity index (χ0v) is 20.9. The van der Waals surface area contributed by atoms with Crippen LogP contribution in [-0.2, 0) is 11.2 Å². The average molecular weight is 497 g/mol. The van der Waals surface area contributed by atoms with Crippen molar-refractivity contribution in [2.24, 2.45) is 0 Å². The van der Waals surface area contributed by atoms with Crippen LogP contribution in [-0.4, -0.2) is 22.5 Å². The fourth-order valence-electron chi connectivity index (χ4n) is 4.72. The molecule has 3 aromatic rings. The van der Waals surface area contributed by atoms with Crippen molar-refractivity contribution in [3.05, 3.63) is 94.2 Å². The first-order valence-corrected chi connectivity index (χ1v) is 12.6. The molecule has 4 rings (SSSR count). The Labute approximate surface area is 211 Å². The fourth-order valence-corrected chi connectivity index (χ4v) is 4.97. The van der Waals surface area contributed by atoms with Crippen LogP contribution in [0.25, 0.3) is 0 Å². The van der Waals surface area contributed by atoms with E-state index in [9.17, 15) is 4.79 Å². The molecule has 0 bridgehead atoms. The van der Waals surface area contributed by atoms with Crippen molar-refractivity contribution >= 4 is 29.1 Å². The van der Waals surface area contributed by atoms with Gasteiger partial charge in [0, 0.05) is 34.4 Å². The normalized spacial score (nSPS) is 16.9. The van der Waals surface area contributed by atoms with Gasteiger partial charge in [-0.2, -0.15) is 0 Å². The first-order chi connectivity index (χ1) is 16.4. The van der Waals surface area contributed by atoms with Gasteiger partial charge < -0.3 is 10.1 Å². The number of amides is 1. The number of hydrogen-bond acceptors (Lipinski definition) is 3. The first kappa shape index (κ1) is 24.6. The Balaban J connectivity index is 1.55. The van der Waals surface area contributed by atoms with Gasteiger partial charge in [-0.3, -0.25) is 9.78 Å². The number of nitrogens with one attached hydrogen (secondary N) is 1. The van der Waals surface area contributed by atoms with Crippen molar-refractivity contribution in [2.45, 2.75) is 63.0 Å². The topological polar surface area (TPSA) is 51.2 Å². The molecule has 4 nitrogen and oxygen atoms in total. The molecule has 1 N–H and O–H groups in total. The van der Waals surface area contributed by atoms with Crippen molar-refractivity contribution < 1.29 is 9.53 Å². The largest absolute Gasteiger partial charge is 0.477 e. The maximum Gasteiger partial charge on any atom is 0.264 e. The van der Waals surface area contributed by atoms with E-state index in [0.29, 0.717) is 28.6 Å². The molecule has 2 atom stereocenters. The average Bonchev–Trinajstić information content (AvgIpc) is 2.86. The molecule has 34 heavy (non-hydrogen) atoms. The minimum Gasteiger partial charge on any atom is -0.477 e. The van der Waals surface area contributed by atoms with E-state index in [4.69, 9.17) is 27.9 Å². The zero-order valence-electron chi connectivity index (χ0n) is 19.3. The lowest BCUT2D eigenvalue weighted by molar-refractivity contribution is -0.140. The van der Waals surface area contributed by atoms with Crippen molar-refractivity contribution in [3.63, 3.8) is 0 Å². The molecule has 1 heterocycles. The lowest BCUT2D eigenvalue weighted by Gasteiger charge is -2.38. The standard InChI is InChI=1S/C28H30Cl2N2O2/c1-20(26(22-6-5-17-31-19-22)18-21-7-9-23(29)10-8-21)32-27(33)28(15-3-2-4-16-28)34-25-13-11-24(30)12-14-25/h5-14,17,19-20,26H,2-4,15-16,18H2,1H3,(H,32,33). The van der Waals surface area contributed by atoms with Crippen LogP contribution in [0.5, 0.6) is 5.75 Å². The van der Waals surface area contributed by atoms with Crippen LogP contribution in [0.3, 0.4) is 0 Å². The number of rotatable bonds is 8. The zero-order chi connectivity index (χ0) is 24.0. The highest BCUT2D eigenvalue weighted by molar-refractivity contribution is 6.30. The van der Waals surface area contributed by atoms with Gasteiger partial charge in [0.2, 0.25) is 0 Å². The Kier molecular flexibility index (Phi) is 8.12. The van der Waals surface area contributed by atoms with Gasteiger partial charge in [-0.25, -0.2) is 0 Å². The molecule has 0 radical (unpaired) electrons. The molecule has 1 fully saturated rings. The van der Waals surface area contributed by atoms with Gasteiger partial charge in [-0.15, -0.1) is 0 Å². The minimum atomic E-state index is -0.875. The van der Waals surface area contributed by atoms with Gasteiger partial charge in [0.25, 0.3) is 5.91 Å². The smallest absolute Gasteiger partial charge is 0.264 e. The van der Waals surface area contributed by atoms with Gasteiger partial charge in [0.15, 0.2) is 5.60 Å². The summed E-state index contributed by atoms with van der Waals surface area (Å²) < 4.78 is 6.38. The second-order valence-electron chi connectivity index (χ2n) is 9.10. The number of carbonyl (C=O) groups is 1. The van der Waals surface area contributed by atoms with E-state index in [1.807, 2.05) is 48.7 Å². The maximum atomic E-state index is 13.7. The molecule has 2 unspecified atom stereocenters. The number of aromatic nitrogens is 1. The molecule has 0 saturated heterocycles. The highest BCUT2D eigenvalue weighted by Gasteiger charge is 2.43. The van der Waals surface area contributed by atoms with Gasteiger partial charge in [0.1, 0.15) is 5.75 Å². The highest BCUT2D eigenvalue weighted by Crippen LogP contribution is 2.35. The van der Waals surface area contributed by atoms with Crippen molar-refractivity contribution in [1.82, 2.24) is 10.3 Å². The summed E-state index contributed by atoms with van der Waals surface area (Å²) in [5, 5.41) is 4.66. The van der Waals surface area contributed by atoms with Gasteiger partial charge in [-0.05, 0) is 92.6 Å². The quantitative estimate of drug-likeness (QED) is 0.365. The second kappa shape index (κ2) is 11.2. The summed E-state index contributed by atoms with van der Waals surface area (Å²) in [6.07, 6.45) is 8.84. The number of ether oxygens (including phenoxy) is 1. The molecular weight excluding hydrogens is 467 g/mol. The predicted octanol–water partition coefficient (Wildman–Crippen LogP) is 7.00. The highest BCUT2D eigenvalue weighted by atomic mass is 35.5. The number of pyridine rings is 1. The summed E-state index contributed by atoms with van der Waals surface area (Å²) in [5.74, 6) is 0.661. The van der Waals surface area contributed by atoms with E-state index in [2.05, 4.69) is 23.3 Å². The van der Waals surface area contributed by atoms with Crippen molar-refractivity contribution in [3.8, 4) is 5.75 Å². The monoisotopic (exact) mass is 496 g/mol. The van der Waals surface area contributed by atoms with E-state index >= 15 is 0 Å². The van der Waals surface area contributed by atoms with Crippen LogP contribution in [0.15, 0.2) is 73.1 Å². The molecule has 1 aliphatic carbocycles. The van der Waals surface area contributed by atoms with Crippen molar-refractivity contribution in [1.29, 1.82) is 0 Å². The van der Waals surface area contributed by atoms with Crippen LogP contribution in [0.2, 0.25) is 10.0 Å². The molecule has 2 aromatic carbocycles. The molecule has 1 saturated carbocycles.